The van der Waals surface area contributed by atoms with Crippen molar-refractivity contribution in [2.24, 2.45) is 0 Å². The second-order valence-corrected chi connectivity index (χ2v) is 3.74. The summed E-state index contributed by atoms with van der Waals surface area (Å²) >= 11 is 0. The average Bonchev–Trinajstić information content (AvgIpc) is 2.83. The zero-order chi connectivity index (χ0) is 10.3. The van der Waals surface area contributed by atoms with E-state index in [1.165, 1.54) is 5.39 Å². The van der Waals surface area contributed by atoms with Crippen LogP contribution in [0.5, 0.6) is 0 Å². The lowest BCUT2D eigenvalue weighted by Crippen LogP contribution is -1.82. The fourth-order valence-corrected chi connectivity index (χ4v) is 2.02. The number of aromatic amines is 1. The molecule has 0 fully saturated rings. The number of nitrogens with zero attached hydrogens (tertiary/aromatic N) is 1. The Bertz CT molecular complexity index is 606. The molecule has 0 aliphatic rings. The minimum atomic E-state index is 0.911. The zero-order valence-electron chi connectivity index (χ0n) is 8.58. The van der Waals surface area contributed by atoms with Crippen molar-refractivity contribution in [1.82, 2.24) is 10.2 Å². The van der Waals surface area contributed by atoms with Crippen molar-refractivity contribution in [2.75, 3.05) is 0 Å². The molecule has 2 heterocycles. The predicted octanol–water partition coefficient (Wildman–Crippen LogP) is 3.26. The van der Waals surface area contributed by atoms with E-state index < -0.39 is 0 Å². The molecule has 0 radical (unpaired) electrons. The highest BCUT2D eigenvalue weighted by Crippen LogP contribution is 2.26. The van der Waals surface area contributed by atoms with Gasteiger partial charge in [0.2, 0.25) is 0 Å². The van der Waals surface area contributed by atoms with E-state index in [-0.39, 0.29) is 0 Å². The highest BCUT2D eigenvalue weighted by Gasteiger charge is 2.08. The molecule has 3 aromatic rings. The number of furan rings is 1. The monoisotopic (exact) mass is 200 g/mol. The Labute approximate surface area is 87.1 Å². The minimum absolute atomic E-state index is 0.911. The number of hydrogen-bond donors (Lipinski definition) is 1. The average molecular weight is 200 g/mol. The van der Waals surface area contributed by atoms with E-state index in [0.29, 0.717) is 0 Å². The highest BCUT2D eigenvalue weighted by molar-refractivity contribution is 6.04. The summed E-state index contributed by atoms with van der Waals surface area (Å²) in [6, 6.07) is 6.06. The van der Waals surface area contributed by atoms with Crippen LogP contribution in [-0.4, -0.2) is 10.2 Å². The molecule has 76 valence electrons. The van der Waals surface area contributed by atoms with Gasteiger partial charge in [0.15, 0.2) is 0 Å². The fourth-order valence-electron chi connectivity index (χ4n) is 2.02. The van der Waals surface area contributed by atoms with Crippen LogP contribution >= 0.6 is 0 Å². The number of aryl methyl sites for hydroxylation is 1. The Kier molecular flexibility index (Phi) is 1.78. The molecular formula is C12H12N2O. The van der Waals surface area contributed by atoms with Crippen molar-refractivity contribution in [1.29, 1.82) is 0 Å². The number of aromatic nitrogens is 2. The Morgan fingerprint density at radius 2 is 2.20 bits per heavy atom. The van der Waals surface area contributed by atoms with Crippen LogP contribution in [0.3, 0.4) is 0 Å². The van der Waals surface area contributed by atoms with Gasteiger partial charge in [-0.1, -0.05) is 13.3 Å². The van der Waals surface area contributed by atoms with Gasteiger partial charge < -0.3 is 4.42 Å². The molecule has 3 heteroatoms. The second kappa shape index (κ2) is 3.12. The third-order valence-corrected chi connectivity index (χ3v) is 2.74. The summed E-state index contributed by atoms with van der Waals surface area (Å²) in [5.41, 5.74) is 3.15. The molecule has 1 N–H and O–H groups in total. The number of hydrogen-bond acceptors (Lipinski definition) is 2. The van der Waals surface area contributed by atoms with Gasteiger partial charge in [0, 0.05) is 10.8 Å². The van der Waals surface area contributed by atoms with Crippen molar-refractivity contribution in [3.63, 3.8) is 0 Å². The van der Waals surface area contributed by atoms with E-state index >= 15 is 0 Å². The van der Waals surface area contributed by atoms with Gasteiger partial charge in [-0.2, -0.15) is 5.10 Å². The topological polar surface area (TPSA) is 41.8 Å². The lowest BCUT2D eigenvalue weighted by atomic mass is 10.1. The van der Waals surface area contributed by atoms with Crippen LogP contribution in [0.4, 0.5) is 0 Å². The van der Waals surface area contributed by atoms with Gasteiger partial charge in [0.05, 0.1) is 17.5 Å². The molecule has 0 bridgehead atoms. The molecule has 0 spiro atoms. The van der Waals surface area contributed by atoms with E-state index in [1.54, 1.807) is 6.26 Å². The van der Waals surface area contributed by atoms with E-state index in [9.17, 15) is 0 Å². The molecule has 3 nitrogen and oxygen atoms in total. The predicted molar refractivity (Wildman–Crippen MR) is 59.9 cm³/mol. The number of fused-ring (bicyclic) bond motifs is 3. The summed E-state index contributed by atoms with van der Waals surface area (Å²) in [5, 5.41) is 9.77. The van der Waals surface area contributed by atoms with Gasteiger partial charge in [-0.15, -0.1) is 0 Å². The second-order valence-electron chi connectivity index (χ2n) is 3.74. The van der Waals surface area contributed by atoms with E-state index in [2.05, 4.69) is 23.2 Å². The molecule has 0 saturated carbocycles. The van der Waals surface area contributed by atoms with E-state index in [0.717, 1.165) is 35.0 Å². The quantitative estimate of drug-likeness (QED) is 0.689. The Morgan fingerprint density at radius 3 is 3.07 bits per heavy atom. The number of rotatable bonds is 2. The first-order chi connectivity index (χ1) is 7.40. The first kappa shape index (κ1) is 8.53. The van der Waals surface area contributed by atoms with Crippen LogP contribution in [0.15, 0.2) is 28.9 Å². The molecule has 0 amide bonds. The molecular weight excluding hydrogens is 188 g/mol. The van der Waals surface area contributed by atoms with Gasteiger partial charge in [-0.05, 0) is 24.6 Å². The molecule has 1 aromatic carbocycles. The van der Waals surface area contributed by atoms with Gasteiger partial charge in [0.25, 0.3) is 0 Å². The maximum atomic E-state index is 5.35. The van der Waals surface area contributed by atoms with Crippen LogP contribution in [0.2, 0.25) is 0 Å². The van der Waals surface area contributed by atoms with Gasteiger partial charge in [-0.3, -0.25) is 5.10 Å². The molecule has 0 aliphatic heterocycles. The Hall–Kier alpha value is -1.77. The number of H-pyrrole nitrogens is 1. The lowest BCUT2D eigenvalue weighted by Gasteiger charge is -1.93. The Morgan fingerprint density at radius 1 is 1.27 bits per heavy atom. The first-order valence-electron chi connectivity index (χ1n) is 5.23. The molecule has 0 aliphatic carbocycles. The van der Waals surface area contributed by atoms with Crippen molar-refractivity contribution < 1.29 is 4.42 Å². The van der Waals surface area contributed by atoms with Crippen molar-refractivity contribution in [3.05, 3.63) is 30.2 Å². The zero-order valence-corrected chi connectivity index (χ0v) is 8.58. The normalized spacial score (nSPS) is 11.5. The third-order valence-electron chi connectivity index (χ3n) is 2.74. The van der Waals surface area contributed by atoms with Crippen molar-refractivity contribution in [3.8, 4) is 0 Å². The number of nitrogens with one attached hydrogen (secondary N) is 1. The Balaban J connectivity index is 2.35. The maximum absolute atomic E-state index is 5.35. The van der Waals surface area contributed by atoms with E-state index in [4.69, 9.17) is 4.42 Å². The summed E-state index contributed by atoms with van der Waals surface area (Å²) in [4.78, 5) is 0. The van der Waals surface area contributed by atoms with Crippen molar-refractivity contribution >= 4 is 21.9 Å². The first-order valence-corrected chi connectivity index (χ1v) is 5.23. The largest absolute Gasteiger partial charge is 0.464 e. The summed E-state index contributed by atoms with van der Waals surface area (Å²) in [6.07, 6.45) is 3.84. The molecule has 15 heavy (non-hydrogen) atoms. The number of benzene rings is 1. The van der Waals surface area contributed by atoms with Crippen LogP contribution in [0, 0.1) is 0 Å². The van der Waals surface area contributed by atoms with Gasteiger partial charge >= 0.3 is 0 Å². The standard InChI is InChI=1S/C12H12N2O/c1-2-3-10-8-4-5-11-9(6-7-15-11)12(8)14-13-10/h4-7H,2-3H2,1H3,(H,13,14). The van der Waals surface area contributed by atoms with Crippen molar-refractivity contribution in [2.45, 2.75) is 19.8 Å². The third kappa shape index (κ3) is 1.16. The lowest BCUT2D eigenvalue weighted by molar-refractivity contribution is 0.616. The highest BCUT2D eigenvalue weighted by atomic mass is 16.3. The SMILES string of the molecule is CCCc1n[nH]c2c1ccc1occc12. The van der Waals surface area contributed by atoms with Gasteiger partial charge in [-0.25, -0.2) is 0 Å². The maximum Gasteiger partial charge on any atom is 0.136 e. The smallest absolute Gasteiger partial charge is 0.136 e. The van der Waals surface area contributed by atoms with Crippen LogP contribution in [-0.2, 0) is 6.42 Å². The van der Waals surface area contributed by atoms with Crippen LogP contribution in [0.25, 0.3) is 21.9 Å². The van der Waals surface area contributed by atoms with Crippen LogP contribution in [0.1, 0.15) is 19.0 Å². The molecule has 2 aromatic heterocycles. The molecule has 3 rings (SSSR count). The summed E-state index contributed by atoms with van der Waals surface area (Å²) in [5.74, 6) is 0. The summed E-state index contributed by atoms with van der Waals surface area (Å²) < 4.78 is 5.35. The minimum Gasteiger partial charge on any atom is -0.464 e. The van der Waals surface area contributed by atoms with E-state index in [1.807, 2.05) is 12.1 Å². The van der Waals surface area contributed by atoms with Crippen LogP contribution < -0.4 is 0 Å². The molecule has 0 saturated heterocycles. The van der Waals surface area contributed by atoms with Gasteiger partial charge in [0.1, 0.15) is 5.58 Å². The fraction of sp³-hybridized carbons (Fsp3) is 0.250. The summed E-state index contributed by atoms with van der Waals surface area (Å²) in [6.45, 7) is 2.16. The molecule has 0 unspecified atom stereocenters. The molecule has 0 atom stereocenters. The summed E-state index contributed by atoms with van der Waals surface area (Å²) in [7, 11) is 0.